The molecule has 4 aromatic rings. The molecule has 0 aliphatic rings. The SMILES string of the molecule is COc1ccc(OC)c(NC(=S)N(CCc2c(C)[nH]c3ccc(C)cc23)Cc2ccco2)c1. The quantitative estimate of drug-likeness (QED) is 0.320. The average molecular weight is 464 g/mol. The second kappa shape index (κ2) is 10.0. The normalized spacial score (nSPS) is 10.9. The molecule has 0 spiro atoms. The van der Waals surface area contributed by atoms with Crippen molar-refractivity contribution in [2.75, 3.05) is 26.1 Å². The van der Waals surface area contributed by atoms with Crippen LogP contribution in [-0.4, -0.2) is 35.8 Å². The lowest BCUT2D eigenvalue weighted by Gasteiger charge is -2.26. The maximum atomic E-state index is 5.83. The maximum Gasteiger partial charge on any atom is 0.173 e. The van der Waals surface area contributed by atoms with Crippen molar-refractivity contribution in [3.05, 3.63) is 77.4 Å². The first kappa shape index (κ1) is 22.7. The first-order valence-corrected chi connectivity index (χ1v) is 11.3. The van der Waals surface area contributed by atoms with E-state index in [2.05, 4.69) is 47.2 Å². The van der Waals surface area contributed by atoms with Crippen molar-refractivity contribution in [2.24, 2.45) is 0 Å². The summed E-state index contributed by atoms with van der Waals surface area (Å²) in [5, 5.41) is 5.19. The zero-order valence-electron chi connectivity index (χ0n) is 19.4. The molecule has 2 aromatic carbocycles. The molecular weight excluding hydrogens is 434 g/mol. The molecule has 0 bridgehead atoms. The van der Waals surface area contributed by atoms with E-state index in [0.717, 1.165) is 35.7 Å². The predicted octanol–water partition coefficient (Wildman–Crippen LogP) is 5.84. The zero-order valence-corrected chi connectivity index (χ0v) is 20.2. The molecule has 6 nitrogen and oxygen atoms in total. The van der Waals surface area contributed by atoms with Crippen molar-refractivity contribution in [1.82, 2.24) is 9.88 Å². The zero-order chi connectivity index (χ0) is 23.4. The molecule has 0 radical (unpaired) electrons. The lowest BCUT2D eigenvalue weighted by atomic mass is 10.1. The largest absolute Gasteiger partial charge is 0.497 e. The summed E-state index contributed by atoms with van der Waals surface area (Å²) in [6, 6.07) is 16.0. The van der Waals surface area contributed by atoms with E-state index in [1.807, 2.05) is 30.3 Å². The van der Waals surface area contributed by atoms with Crippen LogP contribution in [-0.2, 0) is 13.0 Å². The molecule has 7 heteroatoms. The Bertz CT molecular complexity index is 1250. The summed E-state index contributed by atoms with van der Waals surface area (Å²) in [6.45, 7) is 5.53. The van der Waals surface area contributed by atoms with Crippen molar-refractivity contribution in [2.45, 2.75) is 26.8 Å². The number of aryl methyl sites for hydroxylation is 2. The van der Waals surface area contributed by atoms with Gasteiger partial charge in [0, 0.05) is 29.2 Å². The number of hydrogen-bond donors (Lipinski definition) is 2. The number of hydrogen-bond acceptors (Lipinski definition) is 4. The van der Waals surface area contributed by atoms with Crippen LogP contribution in [0.15, 0.2) is 59.2 Å². The summed E-state index contributed by atoms with van der Waals surface area (Å²) in [6.07, 6.45) is 2.52. The highest BCUT2D eigenvalue weighted by Crippen LogP contribution is 2.30. The molecule has 0 saturated heterocycles. The smallest absolute Gasteiger partial charge is 0.173 e. The standard InChI is InChI=1S/C26H29N3O3S/c1-17-7-9-23-22(14-17)21(18(2)27-23)11-12-29(16-20-6-5-13-32-20)26(33)28-24-15-19(30-3)8-10-25(24)31-4/h5-10,13-15,27H,11-12,16H2,1-4H3,(H,28,33). The van der Waals surface area contributed by atoms with Gasteiger partial charge in [-0.1, -0.05) is 11.6 Å². The number of fused-ring (bicyclic) bond motifs is 1. The van der Waals surface area contributed by atoms with E-state index in [-0.39, 0.29) is 0 Å². The summed E-state index contributed by atoms with van der Waals surface area (Å²) in [4.78, 5) is 5.62. The Labute approximate surface area is 199 Å². The number of thiocarbonyl (C=S) groups is 1. The van der Waals surface area contributed by atoms with Gasteiger partial charge in [0.25, 0.3) is 0 Å². The van der Waals surface area contributed by atoms with Crippen molar-refractivity contribution in [1.29, 1.82) is 0 Å². The van der Waals surface area contributed by atoms with Crippen LogP contribution in [0.1, 0.15) is 22.6 Å². The molecule has 0 atom stereocenters. The lowest BCUT2D eigenvalue weighted by Crippen LogP contribution is -2.36. The third-order valence-electron chi connectivity index (χ3n) is 5.77. The van der Waals surface area contributed by atoms with E-state index in [0.29, 0.717) is 17.4 Å². The molecule has 0 saturated carbocycles. The average Bonchev–Trinajstić information content (AvgIpc) is 3.43. The number of aromatic amines is 1. The van der Waals surface area contributed by atoms with Crippen LogP contribution in [0.5, 0.6) is 11.5 Å². The van der Waals surface area contributed by atoms with Crippen molar-refractivity contribution in [3.63, 3.8) is 0 Å². The minimum Gasteiger partial charge on any atom is -0.497 e. The highest BCUT2D eigenvalue weighted by atomic mass is 32.1. The lowest BCUT2D eigenvalue weighted by molar-refractivity contribution is 0.368. The molecule has 2 heterocycles. The second-order valence-corrected chi connectivity index (χ2v) is 8.41. The number of nitrogens with one attached hydrogen (secondary N) is 2. The topological polar surface area (TPSA) is 62.7 Å². The van der Waals surface area contributed by atoms with Gasteiger partial charge in [0.15, 0.2) is 5.11 Å². The number of H-pyrrole nitrogens is 1. The van der Waals surface area contributed by atoms with Gasteiger partial charge in [0.2, 0.25) is 0 Å². The van der Waals surface area contributed by atoms with Gasteiger partial charge in [-0.05, 0) is 74.4 Å². The van der Waals surface area contributed by atoms with Gasteiger partial charge in [-0.15, -0.1) is 0 Å². The number of anilines is 1. The minimum atomic E-state index is 0.561. The summed E-state index contributed by atoms with van der Waals surface area (Å²) < 4.78 is 16.5. The fraction of sp³-hybridized carbons (Fsp3) is 0.269. The summed E-state index contributed by atoms with van der Waals surface area (Å²) >= 11 is 5.83. The highest BCUT2D eigenvalue weighted by molar-refractivity contribution is 7.80. The fourth-order valence-electron chi connectivity index (χ4n) is 4.01. The molecular formula is C26H29N3O3S. The number of nitrogens with zero attached hydrogens (tertiary/aromatic N) is 1. The first-order chi connectivity index (χ1) is 16.0. The highest BCUT2D eigenvalue weighted by Gasteiger charge is 2.17. The predicted molar refractivity (Wildman–Crippen MR) is 136 cm³/mol. The molecule has 0 aliphatic heterocycles. The first-order valence-electron chi connectivity index (χ1n) is 10.9. The Morgan fingerprint density at radius 1 is 1.09 bits per heavy atom. The third kappa shape index (κ3) is 5.14. The monoisotopic (exact) mass is 463 g/mol. The van der Waals surface area contributed by atoms with E-state index >= 15 is 0 Å². The molecule has 0 fully saturated rings. The van der Waals surface area contributed by atoms with Crippen molar-refractivity contribution >= 4 is 33.9 Å². The number of aromatic nitrogens is 1. The van der Waals surface area contributed by atoms with Gasteiger partial charge in [-0.3, -0.25) is 0 Å². The van der Waals surface area contributed by atoms with Crippen LogP contribution in [0.3, 0.4) is 0 Å². The number of rotatable bonds is 8. The molecule has 2 aromatic heterocycles. The van der Waals surface area contributed by atoms with Gasteiger partial charge in [0.1, 0.15) is 17.3 Å². The van der Waals surface area contributed by atoms with E-state index in [9.17, 15) is 0 Å². The maximum absolute atomic E-state index is 5.83. The van der Waals surface area contributed by atoms with Gasteiger partial charge >= 0.3 is 0 Å². The Morgan fingerprint density at radius 2 is 1.94 bits per heavy atom. The van der Waals surface area contributed by atoms with Crippen LogP contribution in [0, 0.1) is 13.8 Å². The van der Waals surface area contributed by atoms with Crippen LogP contribution in [0.2, 0.25) is 0 Å². The Morgan fingerprint density at radius 3 is 2.67 bits per heavy atom. The van der Waals surface area contributed by atoms with Crippen LogP contribution in [0.25, 0.3) is 10.9 Å². The molecule has 33 heavy (non-hydrogen) atoms. The number of benzene rings is 2. The number of furan rings is 1. The van der Waals surface area contributed by atoms with Gasteiger partial charge in [-0.25, -0.2) is 0 Å². The van der Waals surface area contributed by atoms with Crippen molar-refractivity contribution in [3.8, 4) is 11.5 Å². The molecule has 4 rings (SSSR count). The Kier molecular flexibility index (Phi) is 6.89. The second-order valence-electron chi connectivity index (χ2n) is 8.02. The molecule has 0 amide bonds. The summed E-state index contributed by atoms with van der Waals surface area (Å²) in [5.74, 6) is 2.27. The summed E-state index contributed by atoms with van der Waals surface area (Å²) in [7, 11) is 3.27. The summed E-state index contributed by atoms with van der Waals surface area (Å²) in [5.41, 5.74) is 5.65. The molecule has 0 unspecified atom stereocenters. The minimum absolute atomic E-state index is 0.561. The van der Waals surface area contributed by atoms with E-state index < -0.39 is 0 Å². The van der Waals surface area contributed by atoms with Gasteiger partial charge < -0.3 is 29.1 Å². The number of methoxy groups -OCH3 is 2. The van der Waals surface area contributed by atoms with Crippen LogP contribution >= 0.6 is 12.2 Å². The van der Waals surface area contributed by atoms with Crippen molar-refractivity contribution < 1.29 is 13.9 Å². The molecule has 0 aliphatic carbocycles. The Hall–Kier alpha value is -3.45. The fourth-order valence-corrected chi connectivity index (χ4v) is 4.28. The third-order valence-corrected chi connectivity index (χ3v) is 6.13. The van der Waals surface area contributed by atoms with Gasteiger partial charge in [0.05, 0.1) is 32.7 Å². The van der Waals surface area contributed by atoms with E-state index in [1.54, 1.807) is 20.5 Å². The van der Waals surface area contributed by atoms with Crippen LogP contribution in [0.4, 0.5) is 5.69 Å². The molecule has 172 valence electrons. The number of ether oxygens (including phenoxy) is 2. The van der Waals surface area contributed by atoms with Gasteiger partial charge in [-0.2, -0.15) is 0 Å². The Balaban J connectivity index is 1.58. The van der Waals surface area contributed by atoms with E-state index in [1.165, 1.54) is 22.2 Å². The molecule has 2 N–H and O–H groups in total. The van der Waals surface area contributed by atoms with Crippen LogP contribution < -0.4 is 14.8 Å². The van der Waals surface area contributed by atoms with E-state index in [4.69, 9.17) is 26.1 Å².